The summed E-state index contributed by atoms with van der Waals surface area (Å²) < 4.78 is 89.4. The van der Waals surface area contributed by atoms with Crippen LogP contribution in [0.5, 0.6) is 0 Å². The Morgan fingerprint density at radius 2 is 2.06 bits per heavy atom. The monoisotopic (exact) mass is 491 g/mol. The lowest BCUT2D eigenvalue weighted by Gasteiger charge is -2.29. The fourth-order valence-corrected chi connectivity index (χ4v) is 3.64. The molecule has 3 rings (SSSR count). The van der Waals surface area contributed by atoms with E-state index in [4.69, 9.17) is 11.1 Å². The highest BCUT2D eigenvalue weighted by molar-refractivity contribution is 5.67. The average Bonchev–Trinajstić information content (AvgIpc) is 3.25. The Balaban J connectivity index is 1.85. The molecular formula is C20H19F6N5O3. The minimum absolute atomic E-state index is 0.106. The highest BCUT2D eigenvalue weighted by Crippen LogP contribution is 2.39. The van der Waals surface area contributed by atoms with Crippen LogP contribution in [0.2, 0.25) is 0 Å². The molecule has 0 N–H and O–H groups in total. The lowest BCUT2D eigenvalue weighted by atomic mass is 9.98. The molecule has 1 aliphatic rings. The summed E-state index contributed by atoms with van der Waals surface area (Å²) in [7, 11) is 1.24. The average molecular weight is 491 g/mol. The zero-order valence-electron chi connectivity index (χ0n) is 17.8. The van der Waals surface area contributed by atoms with Crippen molar-refractivity contribution in [2.24, 2.45) is 0 Å². The molecule has 1 atom stereocenters. The van der Waals surface area contributed by atoms with Gasteiger partial charge in [0.2, 0.25) is 5.89 Å². The van der Waals surface area contributed by atoms with E-state index in [2.05, 4.69) is 19.7 Å². The summed E-state index contributed by atoms with van der Waals surface area (Å²) in [5, 5.41) is 3.68. The third-order valence-corrected chi connectivity index (χ3v) is 5.16. The van der Waals surface area contributed by atoms with Crippen LogP contribution in [0.4, 0.5) is 42.5 Å². The molecule has 0 bridgehead atoms. The van der Waals surface area contributed by atoms with Gasteiger partial charge in [-0.05, 0) is 25.0 Å². The number of aromatic nitrogens is 2. The molecule has 1 unspecified atom stereocenters. The van der Waals surface area contributed by atoms with Crippen molar-refractivity contribution in [2.45, 2.75) is 37.7 Å². The number of likely N-dealkylation sites (tertiary alicyclic amines) is 1. The highest BCUT2D eigenvalue weighted by atomic mass is 19.4. The lowest BCUT2D eigenvalue weighted by molar-refractivity contribution is -0.136. The number of carbonyl (C=O) groups excluding carboxylic acids is 1. The number of alkyl halides is 6. The molecule has 8 nitrogen and oxygen atoms in total. The van der Waals surface area contributed by atoms with Crippen LogP contribution in [0.15, 0.2) is 22.7 Å². The zero-order valence-corrected chi connectivity index (χ0v) is 17.8. The van der Waals surface area contributed by atoms with Crippen molar-refractivity contribution in [1.82, 2.24) is 15.0 Å². The summed E-state index contributed by atoms with van der Waals surface area (Å²) in [6, 6.07) is 2.32. The standard InChI is InChI=1S/C20H19F6N5O3/c1-27-15-6-5-13(8-14(15)20(24,25)26)31(11-19(21,22)23)10-16-28-17(34-29-16)12-4-3-7-30(9-12)18(32)33-2/h5-6,8,12H,3-4,7,9-11H2,2H3. The summed E-state index contributed by atoms with van der Waals surface area (Å²) in [6.45, 7) is 5.40. The molecule has 1 fully saturated rings. The fourth-order valence-electron chi connectivity index (χ4n) is 3.64. The summed E-state index contributed by atoms with van der Waals surface area (Å²) in [5.41, 5.74) is -2.47. The van der Waals surface area contributed by atoms with Crippen LogP contribution in [0, 0.1) is 6.57 Å². The fraction of sp³-hybridized carbons (Fsp3) is 0.500. The number of methoxy groups -OCH3 is 1. The summed E-state index contributed by atoms with van der Waals surface area (Å²) in [6.07, 6.45) is -9.00. The highest BCUT2D eigenvalue weighted by Gasteiger charge is 2.36. The van der Waals surface area contributed by atoms with Crippen molar-refractivity contribution in [3.63, 3.8) is 0 Å². The normalized spacial score (nSPS) is 16.8. The van der Waals surface area contributed by atoms with Gasteiger partial charge < -0.3 is 19.1 Å². The molecule has 1 amide bonds. The molecule has 1 saturated heterocycles. The second-order valence-corrected chi connectivity index (χ2v) is 7.59. The molecule has 0 radical (unpaired) electrons. The van der Waals surface area contributed by atoms with Crippen LogP contribution in [-0.4, -0.2) is 54.1 Å². The minimum Gasteiger partial charge on any atom is -0.453 e. The van der Waals surface area contributed by atoms with Crippen molar-refractivity contribution in [2.75, 3.05) is 31.6 Å². The first-order valence-electron chi connectivity index (χ1n) is 9.97. The largest absolute Gasteiger partial charge is 0.453 e. The zero-order chi connectivity index (χ0) is 25.1. The second kappa shape index (κ2) is 9.78. The van der Waals surface area contributed by atoms with Crippen LogP contribution < -0.4 is 4.90 Å². The van der Waals surface area contributed by atoms with E-state index in [-0.39, 0.29) is 24.2 Å². The van der Waals surface area contributed by atoms with E-state index in [1.165, 1.54) is 12.0 Å². The first-order valence-corrected chi connectivity index (χ1v) is 9.97. The number of anilines is 1. The SMILES string of the molecule is [C-]#[N+]c1ccc(N(Cc2noc(C3CCCN(C(=O)OC)C3)n2)CC(F)(F)F)cc1C(F)(F)F. The predicted octanol–water partition coefficient (Wildman–Crippen LogP) is 5.15. The predicted molar refractivity (Wildman–Crippen MR) is 105 cm³/mol. The van der Waals surface area contributed by atoms with Gasteiger partial charge in [-0.15, -0.1) is 0 Å². The van der Waals surface area contributed by atoms with Gasteiger partial charge in [-0.1, -0.05) is 11.2 Å². The van der Waals surface area contributed by atoms with Crippen molar-refractivity contribution in [1.29, 1.82) is 0 Å². The maximum atomic E-state index is 13.3. The Kier molecular flexibility index (Phi) is 7.23. The maximum Gasteiger partial charge on any atom is 0.409 e. The van der Waals surface area contributed by atoms with E-state index in [0.29, 0.717) is 30.4 Å². The third kappa shape index (κ3) is 6.09. The maximum absolute atomic E-state index is 13.3. The number of amides is 1. The number of piperidine rings is 1. The van der Waals surface area contributed by atoms with Crippen LogP contribution in [0.3, 0.4) is 0 Å². The van der Waals surface area contributed by atoms with Gasteiger partial charge in [-0.2, -0.15) is 31.3 Å². The van der Waals surface area contributed by atoms with Gasteiger partial charge in [0, 0.05) is 18.8 Å². The number of ether oxygens (including phenoxy) is 1. The first kappa shape index (κ1) is 25.1. The number of hydrogen-bond acceptors (Lipinski definition) is 6. The van der Waals surface area contributed by atoms with Crippen molar-refractivity contribution < 1.29 is 40.4 Å². The number of hydrogen-bond donors (Lipinski definition) is 0. The molecule has 2 heterocycles. The van der Waals surface area contributed by atoms with Crippen molar-refractivity contribution in [3.05, 3.63) is 46.9 Å². The summed E-state index contributed by atoms with van der Waals surface area (Å²) in [5.74, 6) is -0.424. The molecule has 34 heavy (non-hydrogen) atoms. The number of halogens is 6. The van der Waals surface area contributed by atoms with E-state index in [1.807, 2.05) is 0 Å². The van der Waals surface area contributed by atoms with E-state index in [9.17, 15) is 31.1 Å². The molecule has 2 aromatic rings. The van der Waals surface area contributed by atoms with E-state index in [1.54, 1.807) is 0 Å². The Morgan fingerprint density at radius 3 is 2.68 bits per heavy atom. The number of benzene rings is 1. The first-order chi connectivity index (χ1) is 15.9. The molecular weight excluding hydrogens is 472 g/mol. The molecule has 184 valence electrons. The molecule has 14 heteroatoms. The quantitative estimate of drug-likeness (QED) is 0.425. The van der Waals surface area contributed by atoms with Crippen molar-refractivity contribution in [3.8, 4) is 0 Å². The van der Waals surface area contributed by atoms with Gasteiger partial charge in [0.1, 0.15) is 6.54 Å². The van der Waals surface area contributed by atoms with Crippen LogP contribution in [0.25, 0.3) is 4.85 Å². The lowest BCUT2D eigenvalue weighted by Crippen LogP contribution is -2.39. The summed E-state index contributed by atoms with van der Waals surface area (Å²) in [4.78, 5) is 20.7. The summed E-state index contributed by atoms with van der Waals surface area (Å²) >= 11 is 0. The Hall–Kier alpha value is -3.50. The number of carbonyl (C=O) groups is 1. The van der Waals surface area contributed by atoms with Gasteiger partial charge in [-0.25, -0.2) is 9.64 Å². The number of nitrogens with zero attached hydrogens (tertiary/aromatic N) is 5. The smallest absolute Gasteiger partial charge is 0.409 e. The Morgan fingerprint density at radius 1 is 1.32 bits per heavy atom. The van der Waals surface area contributed by atoms with Gasteiger partial charge in [-0.3, -0.25) is 0 Å². The molecule has 1 aliphatic heterocycles. The van der Waals surface area contributed by atoms with Gasteiger partial charge in [0.05, 0.1) is 31.7 Å². The van der Waals surface area contributed by atoms with Gasteiger partial charge in [0.25, 0.3) is 0 Å². The molecule has 1 aromatic carbocycles. The van der Waals surface area contributed by atoms with Gasteiger partial charge in [0.15, 0.2) is 11.5 Å². The van der Waals surface area contributed by atoms with E-state index >= 15 is 0 Å². The van der Waals surface area contributed by atoms with E-state index in [0.717, 1.165) is 12.1 Å². The number of rotatable bonds is 5. The third-order valence-electron chi connectivity index (χ3n) is 5.16. The van der Waals surface area contributed by atoms with Crippen LogP contribution in [-0.2, 0) is 17.5 Å². The van der Waals surface area contributed by atoms with Crippen molar-refractivity contribution >= 4 is 17.5 Å². The minimum atomic E-state index is -4.93. The molecule has 0 saturated carbocycles. The Bertz CT molecular complexity index is 1060. The Labute approximate surface area is 189 Å². The molecule has 0 spiro atoms. The molecule has 0 aliphatic carbocycles. The second-order valence-electron chi connectivity index (χ2n) is 7.59. The molecule has 1 aromatic heterocycles. The topological polar surface area (TPSA) is 76.1 Å². The van der Waals surface area contributed by atoms with E-state index < -0.39 is 48.5 Å². The van der Waals surface area contributed by atoms with Crippen LogP contribution in [0.1, 0.15) is 36.0 Å². The van der Waals surface area contributed by atoms with Crippen LogP contribution >= 0.6 is 0 Å². The van der Waals surface area contributed by atoms with Gasteiger partial charge >= 0.3 is 18.4 Å².